The van der Waals surface area contributed by atoms with E-state index in [1.54, 1.807) is 29.2 Å². The lowest BCUT2D eigenvalue weighted by Gasteiger charge is -2.10. The van der Waals surface area contributed by atoms with Gasteiger partial charge in [0.1, 0.15) is 18.6 Å². The van der Waals surface area contributed by atoms with E-state index in [2.05, 4.69) is 15.1 Å². The molecule has 0 aliphatic heterocycles. The second-order valence-electron chi connectivity index (χ2n) is 5.81. The van der Waals surface area contributed by atoms with Crippen molar-refractivity contribution in [2.75, 3.05) is 7.11 Å². The van der Waals surface area contributed by atoms with Gasteiger partial charge in [-0.3, -0.25) is 19.3 Å². The molecular weight excluding hydrogens is 364 g/mol. The molecule has 0 radical (unpaired) electrons. The summed E-state index contributed by atoms with van der Waals surface area (Å²) in [6, 6.07) is 8.42. The molecule has 144 valence electrons. The molecule has 3 heterocycles. The number of carboxylic acids is 1. The fourth-order valence-electron chi connectivity index (χ4n) is 2.51. The van der Waals surface area contributed by atoms with Crippen LogP contribution in [0.5, 0.6) is 11.8 Å². The van der Waals surface area contributed by atoms with E-state index >= 15 is 0 Å². The van der Waals surface area contributed by atoms with Gasteiger partial charge >= 0.3 is 5.97 Å². The molecular formula is C19H18N4O5. The zero-order chi connectivity index (χ0) is 19.9. The van der Waals surface area contributed by atoms with Crippen molar-refractivity contribution in [3.05, 3.63) is 53.9 Å². The Labute approximate surface area is 160 Å². The molecule has 9 heteroatoms. The van der Waals surface area contributed by atoms with Gasteiger partial charge in [-0.15, -0.1) is 0 Å². The zero-order valence-corrected chi connectivity index (χ0v) is 15.1. The number of aromatic nitrogens is 4. The molecule has 0 saturated carbocycles. The van der Waals surface area contributed by atoms with Gasteiger partial charge in [-0.2, -0.15) is 10.1 Å². The highest BCUT2D eigenvalue weighted by molar-refractivity contribution is 5.75. The zero-order valence-electron chi connectivity index (χ0n) is 15.1. The van der Waals surface area contributed by atoms with Gasteiger partial charge in [0.2, 0.25) is 11.8 Å². The summed E-state index contributed by atoms with van der Waals surface area (Å²) in [4.78, 5) is 30.3. The van der Waals surface area contributed by atoms with Crippen molar-refractivity contribution >= 4 is 12.3 Å². The number of pyridine rings is 2. The standard InChI is InChI=1S/C19H18N4O5/c1-27-16-9-13(11-24)10-17(21-16)28-12-14-3-2-6-20-19(14)15-4-7-23(22-15)8-5-18(25)26/h2-4,6-7,9-11H,5,8,12H2,1H3,(H,25,26). The number of carbonyl (C=O) groups excluding carboxylic acids is 1. The minimum absolute atomic E-state index is 0.0140. The van der Waals surface area contributed by atoms with Gasteiger partial charge in [0, 0.05) is 35.7 Å². The van der Waals surface area contributed by atoms with Gasteiger partial charge in [-0.1, -0.05) is 6.07 Å². The topological polar surface area (TPSA) is 116 Å². The first-order valence-corrected chi connectivity index (χ1v) is 8.42. The van der Waals surface area contributed by atoms with Crippen LogP contribution in [-0.4, -0.2) is 44.2 Å². The number of aryl methyl sites for hydroxylation is 1. The Kier molecular flexibility index (Phi) is 5.95. The summed E-state index contributed by atoms with van der Waals surface area (Å²) in [6.07, 6.45) is 4.02. The van der Waals surface area contributed by atoms with Crippen LogP contribution in [0.15, 0.2) is 42.7 Å². The van der Waals surface area contributed by atoms with Gasteiger partial charge in [0.25, 0.3) is 0 Å². The van der Waals surface area contributed by atoms with Crippen molar-refractivity contribution in [2.45, 2.75) is 19.6 Å². The van der Waals surface area contributed by atoms with Gasteiger partial charge in [0.15, 0.2) is 0 Å². The first-order valence-electron chi connectivity index (χ1n) is 8.42. The van der Waals surface area contributed by atoms with Gasteiger partial charge in [-0.25, -0.2) is 0 Å². The smallest absolute Gasteiger partial charge is 0.305 e. The van der Waals surface area contributed by atoms with Crippen molar-refractivity contribution in [1.82, 2.24) is 19.7 Å². The van der Waals surface area contributed by atoms with Crippen LogP contribution in [0.1, 0.15) is 22.3 Å². The molecule has 0 bridgehead atoms. The van der Waals surface area contributed by atoms with Crippen LogP contribution in [0, 0.1) is 0 Å². The highest BCUT2D eigenvalue weighted by Gasteiger charge is 2.12. The Bertz CT molecular complexity index is 986. The second-order valence-corrected chi connectivity index (χ2v) is 5.81. The van der Waals surface area contributed by atoms with Crippen molar-refractivity contribution in [1.29, 1.82) is 0 Å². The maximum absolute atomic E-state index is 11.0. The molecule has 0 atom stereocenters. The van der Waals surface area contributed by atoms with E-state index in [9.17, 15) is 9.59 Å². The monoisotopic (exact) mass is 382 g/mol. The summed E-state index contributed by atoms with van der Waals surface area (Å²) in [7, 11) is 1.46. The Morgan fingerprint density at radius 3 is 2.86 bits per heavy atom. The van der Waals surface area contributed by atoms with Crippen LogP contribution in [0.2, 0.25) is 0 Å². The average molecular weight is 382 g/mol. The fraction of sp³-hybridized carbons (Fsp3) is 0.211. The quantitative estimate of drug-likeness (QED) is 0.560. The first kappa shape index (κ1) is 19.0. The molecule has 0 amide bonds. The molecule has 9 nitrogen and oxygen atoms in total. The van der Waals surface area contributed by atoms with E-state index in [0.717, 1.165) is 5.56 Å². The van der Waals surface area contributed by atoms with Crippen LogP contribution in [-0.2, 0) is 17.9 Å². The average Bonchev–Trinajstić information content (AvgIpc) is 3.19. The lowest BCUT2D eigenvalue weighted by atomic mass is 10.1. The normalized spacial score (nSPS) is 10.5. The SMILES string of the molecule is COc1cc(C=O)cc(OCc2cccnc2-c2ccn(CCC(=O)O)n2)n1. The Morgan fingerprint density at radius 1 is 1.29 bits per heavy atom. The maximum atomic E-state index is 11.0. The molecule has 0 aromatic carbocycles. The summed E-state index contributed by atoms with van der Waals surface area (Å²) in [5.74, 6) is -0.351. The molecule has 0 spiro atoms. The van der Waals surface area contributed by atoms with Crippen LogP contribution in [0.4, 0.5) is 0 Å². The Hall–Kier alpha value is -3.75. The lowest BCUT2D eigenvalue weighted by molar-refractivity contribution is -0.137. The van der Waals surface area contributed by atoms with Crippen LogP contribution >= 0.6 is 0 Å². The summed E-state index contributed by atoms with van der Waals surface area (Å²) < 4.78 is 12.3. The minimum atomic E-state index is -0.885. The number of ether oxygens (including phenoxy) is 2. The number of aliphatic carboxylic acids is 1. The predicted octanol–water partition coefficient (Wildman–Crippen LogP) is 2.21. The molecule has 3 aromatic heterocycles. The molecule has 1 N–H and O–H groups in total. The highest BCUT2D eigenvalue weighted by Crippen LogP contribution is 2.22. The highest BCUT2D eigenvalue weighted by atomic mass is 16.5. The molecule has 28 heavy (non-hydrogen) atoms. The third-order valence-electron chi connectivity index (χ3n) is 3.85. The van der Waals surface area contributed by atoms with Gasteiger partial charge < -0.3 is 14.6 Å². The largest absolute Gasteiger partial charge is 0.481 e. The molecule has 3 rings (SSSR count). The molecule has 3 aromatic rings. The van der Waals surface area contributed by atoms with Crippen molar-refractivity contribution in [3.8, 4) is 23.1 Å². The Morgan fingerprint density at radius 2 is 2.11 bits per heavy atom. The third-order valence-corrected chi connectivity index (χ3v) is 3.85. The van der Waals surface area contributed by atoms with E-state index in [1.165, 1.54) is 19.2 Å². The number of methoxy groups -OCH3 is 1. The second kappa shape index (κ2) is 8.76. The number of rotatable bonds is 9. The molecule has 0 fully saturated rings. The minimum Gasteiger partial charge on any atom is -0.481 e. The number of carboxylic acid groups (broad SMARTS) is 1. The van der Waals surface area contributed by atoms with Gasteiger partial charge in [0.05, 0.1) is 25.8 Å². The van der Waals surface area contributed by atoms with E-state index < -0.39 is 5.97 Å². The molecule has 0 aliphatic rings. The molecule has 0 unspecified atom stereocenters. The summed E-state index contributed by atoms with van der Waals surface area (Å²) in [6.45, 7) is 0.430. The Balaban J connectivity index is 1.78. The fourth-order valence-corrected chi connectivity index (χ4v) is 2.51. The van der Waals surface area contributed by atoms with E-state index in [1.807, 2.05) is 6.07 Å². The van der Waals surface area contributed by atoms with Crippen molar-refractivity contribution < 1.29 is 24.2 Å². The summed E-state index contributed by atoms with van der Waals surface area (Å²) in [5, 5.41) is 13.2. The predicted molar refractivity (Wildman–Crippen MR) is 98.2 cm³/mol. The molecule has 0 saturated heterocycles. The number of carbonyl (C=O) groups is 2. The summed E-state index contributed by atoms with van der Waals surface area (Å²) >= 11 is 0. The van der Waals surface area contributed by atoms with Gasteiger partial charge in [-0.05, 0) is 12.1 Å². The van der Waals surface area contributed by atoms with E-state index in [4.69, 9.17) is 14.6 Å². The number of nitrogens with zero attached hydrogens (tertiary/aromatic N) is 4. The summed E-state index contributed by atoms with van der Waals surface area (Å²) in [5.41, 5.74) is 2.39. The van der Waals surface area contributed by atoms with E-state index in [0.29, 0.717) is 23.2 Å². The first-order chi connectivity index (χ1) is 13.6. The van der Waals surface area contributed by atoms with E-state index in [-0.39, 0.29) is 31.3 Å². The number of hydrogen-bond donors (Lipinski definition) is 1. The number of aldehydes is 1. The number of hydrogen-bond acceptors (Lipinski definition) is 7. The molecule has 0 aliphatic carbocycles. The third kappa shape index (κ3) is 4.70. The van der Waals surface area contributed by atoms with Crippen molar-refractivity contribution in [2.24, 2.45) is 0 Å². The van der Waals surface area contributed by atoms with Crippen LogP contribution in [0.25, 0.3) is 11.4 Å². The van der Waals surface area contributed by atoms with Crippen molar-refractivity contribution in [3.63, 3.8) is 0 Å². The van der Waals surface area contributed by atoms with Crippen LogP contribution in [0.3, 0.4) is 0 Å². The maximum Gasteiger partial charge on any atom is 0.305 e. The van der Waals surface area contributed by atoms with Crippen LogP contribution < -0.4 is 9.47 Å². The lowest BCUT2D eigenvalue weighted by Crippen LogP contribution is -2.05.